The number of halogens is 1. The normalized spacial score (nSPS) is 20.3. The topological polar surface area (TPSA) is 60.9 Å². The van der Waals surface area contributed by atoms with Crippen molar-refractivity contribution < 1.29 is 14.7 Å². The number of anilines is 1. The number of likely N-dealkylation sites (tertiary alicyclic amines) is 1. The molecule has 0 aliphatic carbocycles. The number of nitrogens with zero attached hydrogens (tertiary/aromatic N) is 2. The number of rotatable bonds is 4. The van der Waals surface area contributed by atoms with E-state index in [2.05, 4.69) is 15.9 Å². The van der Waals surface area contributed by atoms with Gasteiger partial charge in [0.25, 0.3) is 11.8 Å². The van der Waals surface area contributed by atoms with Crippen LogP contribution in [0.3, 0.4) is 0 Å². The van der Waals surface area contributed by atoms with Crippen molar-refractivity contribution in [2.75, 3.05) is 24.6 Å². The van der Waals surface area contributed by atoms with Gasteiger partial charge in [-0.2, -0.15) is 0 Å². The molecule has 2 aliphatic heterocycles. The van der Waals surface area contributed by atoms with Gasteiger partial charge in [-0.25, -0.2) is 4.90 Å². The number of carbonyl (C=O) groups is 2. The van der Waals surface area contributed by atoms with Crippen molar-refractivity contribution in [1.82, 2.24) is 4.90 Å². The summed E-state index contributed by atoms with van der Waals surface area (Å²) in [7, 11) is 0. The second kappa shape index (κ2) is 7.89. The molecule has 1 N–H and O–H groups in total. The molecular weight excluding hydrogens is 420 g/mol. The fourth-order valence-corrected chi connectivity index (χ4v) is 4.18. The number of carbonyl (C=O) groups excluding carboxylic acids is 2. The van der Waals surface area contributed by atoms with Crippen molar-refractivity contribution in [3.8, 4) is 0 Å². The number of benzene rings is 2. The molecule has 144 valence electrons. The van der Waals surface area contributed by atoms with E-state index in [0.717, 1.165) is 22.9 Å². The predicted molar refractivity (Wildman–Crippen MR) is 111 cm³/mol. The molecule has 0 aromatic heterocycles. The number of hydrogen-bond acceptors (Lipinski definition) is 4. The second-order valence-electron chi connectivity index (χ2n) is 7.15. The molecule has 0 radical (unpaired) electrons. The van der Waals surface area contributed by atoms with E-state index in [9.17, 15) is 14.7 Å². The van der Waals surface area contributed by atoms with Crippen LogP contribution in [-0.2, 0) is 9.59 Å². The standard InChI is InChI=1S/C22H21BrN2O3/c23-17-8-10-18(11-9-17)25-21(27)19(16-6-2-1-3-7-16)20(22(25)28)24-12-4-5-15(13-24)14-26/h1-3,6-11,15,26H,4-5,12-14H2. The zero-order chi connectivity index (χ0) is 19.7. The maximum absolute atomic E-state index is 13.4. The summed E-state index contributed by atoms with van der Waals surface area (Å²) in [5, 5.41) is 9.60. The maximum atomic E-state index is 13.4. The first-order valence-electron chi connectivity index (χ1n) is 9.40. The molecular formula is C22H21BrN2O3. The fraction of sp³-hybridized carbons (Fsp3) is 0.273. The third-order valence-corrected chi connectivity index (χ3v) is 5.83. The Labute approximate surface area is 172 Å². The summed E-state index contributed by atoms with van der Waals surface area (Å²) >= 11 is 3.39. The highest BCUT2D eigenvalue weighted by Crippen LogP contribution is 2.36. The van der Waals surface area contributed by atoms with Gasteiger partial charge in [0, 0.05) is 24.2 Å². The highest BCUT2D eigenvalue weighted by molar-refractivity contribution is 9.10. The van der Waals surface area contributed by atoms with Gasteiger partial charge >= 0.3 is 0 Å². The van der Waals surface area contributed by atoms with Gasteiger partial charge in [-0.05, 0) is 48.6 Å². The predicted octanol–water partition coefficient (Wildman–Crippen LogP) is 3.44. The van der Waals surface area contributed by atoms with Gasteiger partial charge in [0.15, 0.2) is 0 Å². The summed E-state index contributed by atoms with van der Waals surface area (Å²) in [6.45, 7) is 1.37. The van der Waals surface area contributed by atoms with E-state index in [1.165, 1.54) is 4.90 Å². The maximum Gasteiger partial charge on any atom is 0.282 e. The van der Waals surface area contributed by atoms with E-state index < -0.39 is 0 Å². The van der Waals surface area contributed by atoms with Crippen LogP contribution in [0.5, 0.6) is 0 Å². The van der Waals surface area contributed by atoms with Crippen LogP contribution in [-0.4, -0.2) is 41.5 Å². The van der Waals surface area contributed by atoms with E-state index in [-0.39, 0.29) is 24.3 Å². The first-order chi connectivity index (χ1) is 13.6. The SMILES string of the molecule is O=C1C(c2ccccc2)=C(N2CCCC(CO)C2)C(=O)N1c1ccc(Br)cc1. The average Bonchev–Trinajstić information content (AvgIpc) is 2.99. The van der Waals surface area contributed by atoms with E-state index >= 15 is 0 Å². The van der Waals surface area contributed by atoms with E-state index in [4.69, 9.17) is 0 Å². The Morgan fingerprint density at radius 1 is 1.00 bits per heavy atom. The van der Waals surface area contributed by atoms with Crippen molar-refractivity contribution >= 4 is 39.0 Å². The monoisotopic (exact) mass is 440 g/mol. The van der Waals surface area contributed by atoms with Crippen LogP contribution in [0.4, 0.5) is 5.69 Å². The highest BCUT2D eigenvalue weighted by Gasteiger charge is 2.43. The van der Waals surface area contributed by atoms with Crippen molar-refractivity contribution in [2.24, 2.45) is 5.92 Å². The lowest BCUT2D eigenvalue weighted by molar-refractivity contribution is -0.120. The minimum Gasteiger partial charge on any atom is -0.396 e. The molecule has 0 bridgehead atoms. The van der Waals surface area contributed by atoms with Crippen molar-refractivity contribution in [3.05, 3.63) is 70.3 Å². The Balaban J connectivity index is 1.79. The van der Waals surface area contributed by atoms with Gasteiger partial charge in [-0.15, -0.1) is 0 Å². The van der Waals surface area contributed by atoms with Gasteiger partial charge in [0.2, 0.25) is 0 Å². The second-order valence-corrected chi connectivity index (χ2v) is 8.06. The number of piperidine rings is 1. The molecule has 1 saturated heterocycles. The van der Waals surface area contributed by atoms with Crippen molar-refractivity contribution in [2.45, 2.75) is 12.8 Å². The Morgan fingerprint density at radius 3 is 2.39 bits per heavy atom. The quantitative estimate of drug-likeness (QED) is 0.739. The van der Waals surface area contributed by atoms with Gasteiger partial charge in [-0.3, -0.25) is 9.59 Å². The number of amides is 2. The largest absolute Gasteiger partial charge is 0.396 e. The van der Waals surface area contributed by atoms with E-state index in [1.807, 2.05) is 47.4 Å². The summed E-state index contributed by atoms with van der Waals surface area (Å²) in [6.07, 6.45) is 1.82. The van der Waals surface area contributed by atoms with Crippen molar-refractivity contribution in [3.63, 3.8) is 0 Å². The van der Waals surface area contributed by atoms with Crippen LogP contribution in [0.1, 0.15) is 18.4 Å². The minimum absolute atomic E-state index is 0.0863. The van der Waals surface area contributed by atoms with Crippen LogP contribution < -0.4 is 4.90 Å². The minimum atomic E-state index is -0.306. The lowest BCUT2D eigenvalue weighted by atomic mass is 9.97. The first-order valence-corrected chi connectivity index (χ1v) is 10.2. The molecule has 2 aromatic rings. The molecule has 6 heteroatoms. The number of imide groups is 1. The van der Waals surface area contributed by atoms with Gasteiger partial charge < -0.3 is 10.0 Å². The molecule has 2 aromatic carbocycles. The first kappa shape index (κ1) is 18.9. The van der Waals surface area contributed by atoms with E-state index in [0.29, 0.717) is 30.0 Å². The number of aliphatic hydroxyl groups is 1. The molecule has 0 spiro atoms. The average molecular weight is 441 g/mol. The summed E-state index contributed by atoms with van der Waals surface area (Å²) in [5.41, 5.74) is 2.17. The zero-order valence-electron chi connectivity index (χ0n) is 15.3. The lowest BCUT2D eigenvalue weighted by Gasteiger charge is -2.34. The van der Waals surface area contributed by atoms with Crippen LogP contribution in [0.25, 0.3) is 5.57 Å². The molecule has 4 rings (SSSR count). The fourth-order valence-electron chi connectivity index (χ4n) is 3.92. The van der Waals surface area contributed by atoms with Crippen LogP contribution in [0.15, 0.2) is 64.8 Å². The molecule has 28 heavy (non-hydrogen) atoms. The molecule has 0 saturated carbocycles. The Morgan fingerprint density at radius 2 is 1.71 bits per heavy atom. The molecule has 5 nitrogen and oxygen atoms in total. The van der Waals surface area contributed by atoms with Crippen LogP contribution in [0.2, 0.25) is 0 Å². The van der Waals surface area contributed by atoms with Crippen LogP contribution >= 0.6 is 15.9 Å². The van der Waals surface area contributed by atoms with Gasteiger partial charge in [0.1, 0.15) is 5.70 Å². The molecule has 1 unspecified atom stereocenters. The molecule has 2 aliphatic rings. The Bertz CT molecular complexity index is 925. The third-order valence-electron chi connectivity index (χ3n) is 5.30. The smallest absolute Gasteiger partial charge is 0.282 e. The number of hydrogen-bond donors (Lipinski definition) is 1. The van der Waals surface area contributed by atoms with E-state index in [1.54, 1.807) is 12.1 Å². The number of aliphatic hydroxyl groups excluding tert-OH is 1. The third kappa shape index (κ3) is 3.38. The summed E-state index contributed by atoms with van der Waals surface area (Å²) in [6, 6.07) is 16.5. The summed E-state index contributed by atoms with van der Waals surface area (Å²) < 4.78 is 0.883. The zero-order valence-corrected chi connectivity index (χ0v) is 16.9. The van der Waals surface area contributed by atoms with Crippen LogP contribution in [0, 0.1) is 5.92 Å². The summed E-state index contributed by atoms with van der Waals surface area (Å²) in [5.74, 6) is -0.493. The molecule has 1 atom stereocenters. The highest BCUT2D eigenvalue weighted by atomic mass is 79.9. The molecule has 2 heterocycles. The lowest BCUT2D eigenvalue weighted by Crippen LogP contribution is -2.40. The van der Waals surface area contributed by atoms with Gasteiger partial charge in [0.05, 0.1) is 11.3 Å². The molecule has 2 amide bonds. The van der Waals surface area contributed by atoms with Gasteiger partial charge in [-0.1, -0.05) is 46.3 Å². The Kier molecular flexibility index (Phi) is 5.33. The van der Waals surface area contributed by atoms with Crippen molar-refractivity contribution in [1.29, 1.82) is 0 Å². The summed E-state index contributed by atoms with van der Waals surface area (Å²) in [4.78, 5) is 30.0. The molecule has 1 fully saturated rings. The Hall–Kier alpha value is -2.44.